The molecule has 0 radical (unpaired) electrons. The van der Waals surface area contributed by atoms with Crippen LogP contribution in [0.2, 0.25) is 5.02 Å². The van der Waals surface area contributed by atoms with Gasteiger partial charge in [-0.2, -0.15) is 0 Å². The van der Waals surface area contributed by atoms with Crippen molar-refractivity contribution in [2.45, 2.75) is 76.8 Å². The number of hydrogen-bond donors (Lipinski definition) is 0. The van der Waals surface area contributed by atoms with Gasteiger partial charge < -0.3 is 4.90 Å². The molecule has 6 heteroatoms. The molecule has 2 aromatic carbocycles. The van der Waals surface area contributed by atoms with Crippen LogP contribution in [0.5, 0.6) is 0 Å². The topological polar surface area (TPSA) is 57.7 Å². The van der Waals surface area contributed by atoms with Gasteiger partial charge in [0.05, 0.1) is 11.8 Å². The summed E-state index contributed by atoms with van der Waals surface area (Å²) in [4.78, 5) is 43.7. The molecular weight excluding hydrogens is 460 g/mol. The van der Waals surface area contributed by atoms with Gasteiger partial charge in [0.2, 0.25) is 11.8 Å². The predicted molar refractivity (Wildman–Crippen MR) is 137 cm³/mol. The Hall–Kier alpha value is -2.66. The highest BCUT2D eigenvalue weighted by Gasteiger charge is 2.54. The van der Waals surface area contributed by atoms with Crippen LogP contribution in [0, 0.1) is 11.8 Å². The molecule has 2 aliphatic heterocycles. The average molecular weight is 493 g/mol. The van der Waals surface area contributed by atoms with Gasteiger partial charge in [-0.3, -0.25) is 19.3 Å². The van der Waals surface area contributed by atoms with Crippen molar-refractivity contribution >= 4 is 35.0 Å². The zero-order valence-electron chi connectivity index (χ0n) is 20.9. The van der Waals surface area contributed by atoms with Crippen molar-refractivity contribution in [3.63, 3.8) is 0 Å². The number of halogens is 1. The number of fused-ring (bicyclic) bond motifs is 2. The van der Waals surface area contributed by atoms with E-state index >= 15 is 0 Å². The lowest BCUT2D eigenvalue weighted by Gasteiger charge is -2.52. The monoisotopic (exact) mass is 492 g/mol. The molecule has 3 amide bonds. The van der Waals surface area contributed by atoms with Crippen molar-refractivity contribution in [1.82, 2.24) is 4.90 Å². The van der Waals surface area contributed by atoms with Crippen molar-refractivity contribution in [3.05, 3.63) is 64.7 Å². The smallest absolute Gasteiger partial charge is 0.250 e. The fourth-order valence-electron chi connectivity index (χ4n) is 6.86. The summed E-state index contributed by atoms with van der Waals surface area (Å²) in [6.45, 7) is 8.05. The number of benzene rings is 2. The molecule has 184 valence electrons. The first kappa shape index (κ1) is 24.1. The number of hydrogen-bond acceptors (Lipinski definition) is 3. The van der Waals surface area contributed by atoms with Crippen LogP contribution in [-0.4, -0.2) is 34.2 Å². The van der Waals surface area contributed by atoms with Crippen molar-refractivity contribution < 1.29 is 14.4 Å². The van der Waals surface area contributed by atoms with E-state index in [0.29, 0.717) is 11.4 Å². The second kappa shape index (κ2) is 8.48. The molecule has 1 saturated heterocycles. The van der Waals surface area contributed by atoms with Gasteiger partial charge in [-0.25, -0.2) is 0 Å². The molecule has 0 N–H and O–H groups in total. The number of anilines is 1. The summed E-state index contributed by atoms with van der Waals surface area (Å²) in [5.74, 6) is -1.08. The summed E-state index contributed by atoms with van der Waals surface area (Å²) < 4.78 is 0. The van der Waals surface area contributed by atoms with E-state index in [-0.39, 0.29) is 35.0 Å². The average Bonchev–Trinajstić information content (AvgIpc) is 3.08. The van der Waals surface area contributed by atoms with Gasteiger partial charge in [-0.1, -0.05) is 61.7 Å². The number of carbonyl (C=O) groups is 3. The maximum absolute atomic E-state index is 14.1. The van der Waals surface area contributed by atoms with Crippen molar-refractivity contribution in [2.24, 2.45) is 11.8 Å². The molecule has 0 spiro atoms. The quantitative estimate of drug-likeness (QED) is 0.514. The van der Waals surface area contributed by atoms with E-state index in [0.717, 1.165) is 42.5 Å². The largest absolute Gasteiger partial charge is 0.305 e. The Bertz CT molecular complexity index is 1170. The van der Waals surface area contributed by atoms with E-state index in [1.807, 2.05) is 35.2 Å². The molecule has 4 atom stereocenters. The third-order valence-corrected chi connectivity index (χ3v) is 8.70. The summed E-state index contributed by atoms with van der Waals surface area (Å²) in [7, 11) is 0. The second-order valence-corrected chi connectivity index (χ2v) is 11.7. The highest BCUT2D eigenvalue weighted by molar-refractivity contribution is 6.30. The molecule has 35 heavy (non-hydrogen) atoms. The van der Waals surface area contributed by atoms with E-state index in [9.17, 15) is 14.4 Å². The summed E-state index contributed by atoms with van der Waals surface area (Å²) in [5.41, 5.74) is 2.13. The first-order chi connectivity index (χ1) is 16.6. The number of amides is 3. The number of para-hydroxylation sites is 1. The first-order valence-electron chi connectivity index (χ1n) is 12.6. The molecule has 1 aliphatic carbocycles. The Morgan fingerprint density at radius 2 is 1.51 bits per heavy atom. The third kappa shape index (κ3) is 3.70. The number of imide groups is 1. The van der Waals surface area contributed by atoms with Crippen LogP contribution >= 0.6 is 11.6 Å². The van der Waals surface area contributed by atoms with Crippen LogP contribution in [-0.2, 0) is 19.8 Å². The normalized spacial score (nSPS) is 28.5. The van der Waals surface area contributed by atoms with Gasteiger partial charge in [0.25, 0.3) is 5.91 Å². The van der Waals surface area contributed by atoms with Gasteiger partial charge in [-0.15, -0.1) is 0 Å². The Kier molecular flexibility index (Phi) is 5.83. The van der Waals surface area contributed by atoms with Crippen molar-refractivity contribution in [3.8, 4) is 0 Å². The number of carbonyl (C=O) groups excluding carboxylic acids is 3. The Morgan fingerprint density at radius 3 is 2.11 bits per heavy atom. The minimum absolute atomic E-state index is 0.172. The van der Waals surface area contributed by atoms with Crippen LogP contribution in [0.25, 0.3) is 0 Å². The van der Waals surface area contributed by atoms with E-state index < -0.39 is 11.6 Å². The van der Waals surface area contributed by atoms with E-state index in [4.69, 9.17) is 11.6 Å². The van der Waals surface area contributed by atoms with Gasteiger partial charge in [-0.05, 0) is 69.4 Å². The Balaban J connectivity index is 1.54. The van der Waals surface area contributed by atoms with Crippen molar-refractivity contribution in [1.29, 1.82) is 0 Å². The zero-order chi connectivity index (χ0) is 25.1. The maximum Gasteiger partial charge on any atom is 0.250 e. The SMILES string of the molecule is C[C@@H](C(=O)N1c2ccccc2[C@@](C)(c2ccc(Cl)cc2)CC1(C)C)N1C(=O)[C@H]2CCCC[C@@H]2C1=O. The summed E-state index contributed by atoms with van der Waals surface area (Å²) >= 11 is 6.17. The van der Waals surface area contributed by atoms with Gasteiger partial charge >= 0.3 is 0 Å². The summed E-state index contributed by atoms with van der Waals surface area (Å²) in [6.07, 6.45) is 4.09. The molecule has 2 aromatic rings. The maximum atomic E-state index is 14.1. The van der Waals surface area contributed by atoms with Crippen LogP contribution < -0.4 is 4.90 Å². The van der Waals surface area contributed by atoms with Crippen LogP contribution in [0.3, 0.4) is 0 Å². The number of nitrogens with zero attached hydrogens (tertiary/aromatic N) is 2. The van der Waals surface area contributed by atoms with Gasteiger partial charge in [0.1, 0.15) is 6.04 Å². The highest BCUT2D eigenvalue weighted by atomic mass is 35.5. The Morgan fingerprint density at radius 1 is 0.943 bits per heavy atom. The minimum Gasteiger partial charge on any atom is -0.305 e. The molecular formula is C29H33ClN2O3. The van der Waals surface area contributed by atoms with Gasteiger partial charge in [0.15, 0.2) is 0 Å². The number of rotatable bonds is 3. The van der Waals surface area contributed by atoms with E-state index in [2.05, 4.69) is 39.0 Å². The minimum atomic E-state index is -0.840. The predicted octanol–water partition coefficient (Wildman–Crippen LogP) is 5.73. The van der Waals surface area contributed by atoms with Crippen molar-refractivity contribution in [2.75, 3.05) is 4.90 Å². The van der Waals surface area contributed by atoms with E-state index in [1.165, 1.54) is 4.90 Å². The summed E-state index contributed by atoms with van der Waals surface area (Å²) in [6, 6.07) is 15.1. The van der Waals surface area contributed by atoms with Crippen LogP contribution in [0.15, 0.2) is 48.5 Å². The van der Waals surface area contributed by atoms with E-state index in [1.54, 1.807) is 6.92 Å². The lowest BCUT2D eigenvalue weighted by Crippen LogP contribution is -2.60. The van der Waals surface area contributed by atoms with Crippen LogP contribution in [0.1, 0.15) is 70.9 Å². The molecule has 5 nitrogen and oxygen atoms in total. The molecule has 2 heterocycles. The molecule has 5 rings (SSSR count). The zero-order valence-corrected chi connectivity index (χ0v) is 21.6. The first-order valence-corrected chi connectivity index (χ1v) is 13.0. The molecule has 2 fully saturated rings. The number of likely N-dealkylation sites (tertiary alicyclic amines) is 1. The lowest BCUT2D eigenvalue weighted by molar-refractivity contribution is -0.147. The molecule has 0 bridgehead atoms. The fraction of sp³-hybridized carbons (Fsp3) is 0.483. The molecule has 1 saturated carbocycles. The lowest BCUT2D eigenvalue weighted by atomic mass is 9.65. The molecule has 0 aromatic heterocycles. The van der Waals surface area contributed by atoms with Crippen LogP contribution in [0.4, 0.5) is 5.69 Å². The Labute approximate surface area is 212 Å². The standard InChI is InChI=1S/C29H33ClN2O3/c1-18(31-26(34)21-9-5-6-10-22(21)27(31)35)25(33)32-24-12-8-7-11-23(24)29(4,17-28(32,2)3)19-13-15-20(30)16-14-19/h7-8,11-16,18,21-22H,5-6,9-10,17H2,1-4H3/t18-,21-,22-,29+/m0/s1. The molecule has 0 unspecified atom stereocenters. The van der Waals surface area contributed by atoms with Gasteiger partial charge in [0, 0.05) is 21.7 Å². The third-order valence-electron chi connectivity index (χ3n) is 8.45. The second-order valence-electron chi connectivity index (χ2n) is 11.2. The summed E-state index contributed by atoms with van der Waals surface area (Å²) in [5, 5.41) is 0.687. The fourth-order valence-corrected chi connectivity index (χ4v) is 6.99. The molecule has 3 aliphatic rings. The highest BCUT2D eigenvalue weighted by Crippen LogP contribution is 2.51.